The molecule has 2 heterocycles. The molecule has 0 saturated carbocycles. The number of carbonyl (C=O) groups excluding carboxylic acids is 1. The molecule has 0 bridgehead atoms. The second-order valence-corrected chi connectivity index (χ2v) is 9.03. The molecule has 1 N–H and O–H groups in total. The second kappa shape index (κ2) is 11.0. The number of amides is 1. The Hall–Kier alpha value is -3.99. The summed E-state index contributed by atoms with van der Waals surface area (Å²) >= 11 is 0. The average molecular weight is 463 g/mol. The van der Waals surface area contributed by atoms with Crippen molar-refractivity contribution >= 4 is 17.4 Å². The van der Waals surface area contributed by atoms with Gasteiger partial charge in [-0.1, -0.05) is 72.8 Å². The van der Waals surface area contributed by atoms with E-state index < -0.39 is 0 Å². The number of aromatic nitrogens is 2. The fraction of sp³-hybridized carbons (Fsp3) is 0.233. The molecule has 0 spiro atoms. The highest BCUT2D eigenvalue weighted by Crippen LogP contribution is 2.29. The van der Waals surface area contributed by atoms with Gasteiger partial charge >= 0.3 is 0 Å². The van der Waals surface area contributed by atoms with Crippen molar-refractivity contribution in [2.45, 2.75) is 31.6 Å². The third kappa shape index (κ3) is 5.75. The van der Waals surface area contributed by atoms with E-state index in [-0.39, 0.29) is 11.8 Å². The van der Waals surface area contributed by atoms with Crippen molar-refractivity contribution in [3.63, 3.8) is 0 Å². The van der Waals surface area contributed by atoms with E-state index in [0.717, 1.165) is 47.0 Å². The molecule has 3 aromatic carbocycles. The molecule has 1 aliphatic heterocycles. The van der Waals surface area contributed by atoms with Gasteiger partial charge in [0.2, 0.25) is 5.91 Å². The highest BCUT2D eigenvalue weighted by atomic mass is 16.1. The maximum absolute atomic E-state index is 13.0. The Bertz CT molecular complexity index is 1180. The Morgan fingerprint density at radius 1 is 0.743 bits per heavy atom. The van der Waals surface area contributed by atoms with Crippen molar-refractivity contribution in [3.8, 4) is 11.3 Å². The van der Waals surface area contributed by atoms with Crippen molar-refractivity contribution in [2.24, 2.45) is 0 Å². The number of nitrogens with zero attached hydrogens (tertiary/aromatic N) is 3. The van der Waals surface area contributed by atoms with Gasteiger partial charge in [0.1, 0.15) is 0 Å². The van der Waals surface area contributed by atoms with Crippen LogP contribution in [0.25, 0.3) is 11.3 Å². The molecular formula is C30H30N4O. The van der Waals surface area contributed by atoms with Gasteiger partial charge < -0.3 is 10.2 Å². The lowest BCUT2D eigenvalue weighted by atomic mass is 9.88. The first-order valence-corrected chi connectivity index (χ1v) is 12.3. The number of benzene rings is 3. The van der Waals surface area contributed by atoms with Gasteiger partial charge in [-0.3, -0.25) is 4.79 Å². The van der Waals surface area contributed by atoms with Gasteiger partial charge in [0.05, 0.1) is 5.69 Å². The third-order valence-corrected chi connectivity index (χ3v) is 6.59. The van der Waals surface area contributed by atoms with Crippen LogP contribution in [0.3, 0.4) is 0 Å². The van der Waals surface area contributed by atoms with Gasteiger partial charge in [-0.2, -0.15) is 0 Å². The van der Waals surface area contributed by atoms with Crippen LogP contribution in [-0.2, 0) is 4.79 Å². The van der Waals surface area contributed by atoms with Gasteiger partial charge in [-0.25, -0.2) is 0 Å². The molecule has 0 radical (unpaired) electrons. The Balaban J connectivity index is 1.24. The molecule has 5 heteroatoms. The molecule has 1 aliphatic rings. The number of hydrogen-bond donors (Lipinski definition) is 1. The SMILES string of the molecule is O=C(CC(c1ccccc1)c1ccccc1)Nc1ccc(-c2ccc(N3CCCCC3)nn2)cc1. The fourth-order valence-electron chi connectivity index (χ4n) is 4.69. The lowest BCUT2D eigenvalue weighted by Gasteiger charge is -2.27. The minimum Gasteiger partial charge on any atom is -0.355 e. The molecule has 1 aromatic heterocycles. The molecule has 35 heavy (non-hydrogen) atoms. The van der Waals surface area contributed by atoms with E-state index in [1.54, 1.807) is 0 Å². The molecule has 4 aromatic rings. The van der Waals surface area contributed by atoms with E-state index >= 15 is 0 Å². The van der Waals surface area contributed by atoms with Crippen molar-refractivity contribution < 1.29 is 4.79 Å². The van der Waals surface area contributed by atoms with Crippen LogP contribution in [0.1, 0.15) is 42.7 Å². The molecule has 5 rings (SSSR count). The topological polar surface area (TPSA) is 58.1 Å². The zero-order chi connectivity index (χ0) is 23.9. The summed E-state index contributed by atoms with van der Waals surface area (Å²) in [6, 6.07) is 32.3. The van der Waals surface area contributed by atoms with Crippen LogP contribution in [0.15, 0.2) is 97.1 Å². The fourth-order valence-corrected chi connectivity index (χ4v) is 4.69. The molecule has 176 valence electrons. The zero-order valence-electron chi connectivity index (χ0n) is 19.8. The molecule has 1 fully saturated rings. The number of hydrogen-bond acceptors (Lipinski definition) is 4. The average Bonchev–Trinajstić information content (AvgIpc) is 2.94. The molecule has 0 atom stereocenters. The number of piperidine rings is 1. The third-order valence-electron chi connectivity index (χ3n) is 6.59. The van der Waals surface area contributed by atoms with Gasteiger partial charge in [0.15, 0.2) is 5.82 Å². The van der Waals surface area contributed by atoms with Crippen LogP contribution in [0, 0.1) is 0 Å². The van der Waals surface area contributed by atoms with E-state index in [2.05, 4.69) is 50.7 Å². The zero-order valence-corrected chi connectivity index (χ0v) is 19.8. The van der Waals surface area contributed by atoms with Gasteiger partial charge in [-0.15, -0.1) is 10.2 Å². The number of rotatable bonds is 7. The molecule has 5 nitrogen and oxygen atoms in total. The van der Waals surface area contributed by atoms with E-state index in [0.29, 0.717) is 6.42 Å². The molecule has 1 saturated heterocycles. The van der Waals surface area contributed by atoms with E-state index in [1.165, 1.54) is 19.3 Å². The van der Waals surface area contributed by atoms with E-state index in [1.807, 2.05) is 66.7 Å². The highest BCUT2D eigenvalue weighted by molar-refractivity contribution is 5.91. The molecular weight excluding hydrogens is 432 g/mol. The van der Waals surface area contributed by atoms with Crippen LogP contribution < -0.4 is 10.2 Å². The van der Waals surface area contributed by atoms with Gasteiger partial charge in [0.25, 0.3) is 0 Å². The predicted molar refractivity (Wildman–Crippen MR) is 142 cm³/mol. The Labute approximate surface area is 206 Å². The first-order chi connectivity index (χ1) is 17.3. The highest BCUT2D eigenvalue weighted by Gasteiger charge is 2.18. The van der Waals surface area contributed by atoms with Crippen molar-refractivity contribution in [3.05, 3.63) is 108 Å². The summed E-state index contributed by atoms with van der Waals surface area (Å²) in [4.78, 5) is 15.3. The van der Waals surface area contributed by atoms with Crippen LogP contribution in [0.5, 0.6) is 0 Å². The van der Waals surface area contributed by atoms with Crippen molar-refractivity contribution in [1.29, 1.82) is 0 Å². The molecule has 0 unspecified atom stereocenters. The number of carbonyl (C=O) groups is 1. The smallest absolute Gasteiger partial charge is 0.225 e. The summed E-state index contributed by atoms with van der Waals surface area (Å²) in [5.74, 6) is 0.940. The van der Waals surface area contributed by atoms with Crippen molar-refractivity contribution in [2.75, 3.05) is 23.3 Å². The standard InChI is InChI=1S/C30H30N4O/c35-30(22-27(23-10-4-1-5-11-23)24-12-6-2-7-13-24)31-26-16-14-25(15-17-26)28-18-19-29(33-32-28)34-20-8-3-9-21-34/h1-2,4-7,10-19,27H,3,8-9,20-22H2,(H,31,35). The summed E-state index contributed by atoms with van der Waals surface area (Å²) in [7, 11) is 0. The lowest BCUT2D eigenvalue weighted by Crippen LogP contribution is -2.30. The predicted octanol–water partition coefficient (Wildman–Crippen LogP) is 6.29. The van der Waals surface area contributed by atoms with Gasteiger partial charge in [-0.05, 0) is 54.7 Å². The maximum Gasteiger partial charge on any atom is 0.225 e. The Morgan fingerprint density at radius 3 is 1.94 bits per heavy atom. The first-order valence-electron chi connectivity index (χ1n) is 12.3. The summed E-state index contributed by atoms with van der Waals surface area (Å²) < 4.78 is 0. The quantitative estimate of drug-likeness (QED) is 0.350. The monoisotopic (exact) mass is 462 g/mol. The summed E-state index contributed by atoms with van der Waals surface area (Å²) in [5, 5.41) is 11.9. The lowest BCUT2D eigenvalue weighted by molar-refractivity contribution is -0.116. The minimum absolute atomic E-state index is 0.00497. The largest absolute Gasteiger partial charge is 0.355 e. The Kier molecular flexibility index (Phi) is 7.13. The number of anilines is 2. The van der Waals surface area contributed by atoms with E-state index in [9.17, 15) is 4.79 Å². The molecule has 1 amide bonds. The first kappa shape index (κ1) is 22.8. The van der Waals surface area contributed by atoms with Crippen molar-refractivity contribution in [1.82, 2.24) is 10.2 Å². The minimum atomic E-state index is -0.0128. The molecule has 0 aliphatic carbocycles. The summed E-state index contributed by atoms with van der Waals surface area (Å²) in [6.07, 6.45) is 4.10. The maximum atomic E-state index is 13.0. The van der Waals surface area contributed by atoms with Crippen LogP contribution >= 0.6 is 0 Å². The summed E-state index contributed by atoms with van der Waals surface area (Å²) in [5.41, 5.74) is 4.85. The van der Waals surface area contributed by atoms with Crippen LogP contribution in [0.2, 0.25) is 0 Å². The van der Waals surface area contributed by atoms with Gasteiger partial charge in [0, 0.05) is 36.7 Å². The van der Waals surface area contributed by atoms with E-state index in [4.69, 9.17) is 0 Å². The Morgan fingerprint density at radius 2 is 1.37 bits per heavy atom. The number of nitrogens with one attached hydrogen (secondary N) is 1. The normalized spacial score (nSPS) is 13.6. The van der Waals surface area contributed by atoms with Crippen LogP contribution in [-0.4, -0.2) is 29.2 Å². The van der Waals surface area contributed by atoms with Crippen LogP contribution in [0.4, 0.5) is 11.5 Å². The summed E-state index contributed by atoms with van der Waals surface area (Å²) in [6.45, 7) is 2.11. The second-order valence-electron chi connectivity index (χ2n) is 9.03.